The van der Waals surface area contributed by atoms with Crippen molar-refractivity contribution in [1.82, 2.24) is 4.90 Å². The molecular weight excluding hydrogens is 236 g/mol. The predicted molar refractivity (Wildman–Crippen MR) is 65.6 cm³/mol. The molecule has 1 aromatic rings. The molecule has 0 radical (unpaired) electrons. The van der Waals surface area contributed by atoms with Gasteiger partial charge in [0.05, 0.1) is 0 Å². The molecule has 1 fully saturated rings. The van der Waals surface area contributed by atoms with Crippen LogP contribution < -0.4 is 0 Å². The summed E-state index contributed by atoms with van der Waals surface area (Å²) >= 11 is 0. The molecule has 1 amide bonds. The van der Waals surface area contributed by atoms with E-state index in [4.69, 9.17) is 0 Å². The maximum atomic E-state index is 13.9. The summed E-state index contributed by atoms with van der Waals surface area (Å²) in [5.74, 6) is -1.59. The summed E-state index contributed by atoms with van der Waals surface area (Å²) in [5.41, 5.74) is -0.493. The van der Waals surface area contributed by atoms with Crippen molar-refractivity contribution in [3.05, 3.63) is 34.9 Å². The standard InChI is InChI=1S/C14H17F2NO/c1-14(2,3)12-10(15)7-9(8-11(12)16)13(18)17-5-4-6-17/h7-8H,4-6H2,1-3H3. The maximum Gasteiger partial charge on any atom is 0.254 e. The van der Waals surface area contributed by atoms with Crippen molar-refractivity contribution >= 4 is 5.91 Å². The van der Waals surface area contributed by atoms with Gasteiger partial charge >= 0.3 is 0 Å². The molecule has 98 valence electrons. The van der Waals surface area contributed by atoms with Gasteiger partial charge in [0.25, 0.3) is 5.91 Å². The number of hydrogen-bond acceptors (Lipinski definition) is 1. The molecule has 1 heterocycles. The van der Waals surface area contributed by atoms with Gasteiger partial charge in [-0.25, -0.2) is 8.78 Å². The number of amides is 1. The zero-order valence-corrected chi connectivity index (χ0v) is 10.9. The minimum Gasteiger partial charge on any atom is -0.339 e. The van der Waals surface area contributed by atoms with Crippen LogP contribution in [0, 0.1) is 11.6 Å². The number of hydrogen-bond donors (Lipinski definition) is 0. The van der Waals surface area contributed by atoms with E-state index in [1.165, 1.54) is 0 Å². The minimum atomic E-state index is -0.647. The minimum absolute atomic E-state index is 0.0302. The molecule has 1 aliphatic heterocycles. The van der Waals surface area contributed by atoms with Gasteiger partial charge in [-0.15, -0.1) is 0 Å². The van der Waals surface area contributed by atoms with Crippen LogP contribution in [-0.4, -0.2) is 23.9 Å². The first-order valence-electron chi connectivity index (χ1n) is 6.09. The fourth-order valence-corrected chi connectivity index (χ4v) is 2.11. The molecule has 0 saturated carbocycles. The zero-order chi connectivity index (χ0) is 13.5. The van der Waals surface area contributed by atoms with E-state index in [-0.39, 0.29) is 17.0 Å². The molecule has 0 unspecified atom stereocenters. The van der Waals surface area contributed by atoms with Crippen molar-refractivity contribution in [2.75, 3.05) is 13.1 Å². The lowest BCUT2D eigenvalue weighted by atomic mass is 9.85. The number of nitrogens with zero attached hydrogens (tertiary/aromatic N) is 1. The van der Waals surface area contributed by atoms with Crippen molar-refractivity contribution in [3.8, 4) is 0 Å². The van der Waals surface area contributed by atoms with Crippen LogP contribution in [0.5, 0.6) is 0 Å². The first-order chi connectivity index (χ1) is 8.30. The number of carbonyl (C=O) groups is 1. The Morgan fingerprint density at radius 1 is 1.17 bits per heavy atom. The quantitative estimate of drug-likeness (QED) is 0.753. The van der Waals surface area contributed by atoms with Crippen LogP contribution in [0.25, 0.3) is 0 Å². The molecule has 1 aliphatic rings. The van der Waals surface area contributed by atoms with Crippen molar-refractivity contribution in [1.29, 1.82) is 0 Å². The van der Waals surface area contributed by atoms with E-state index in [2.05, 4.69) is 0 Å². The Balaban J connectivity index is 2.39. The van der Waals surface area contributed by atoms with Gasteiger partial charge in [-0.05, 0) is 24.0 Å². The van der Waals surface area contributed by atoms with E-state index in [0.717, 1.165) is 18.6 Å². The molecular formula is C14H17F2NO. The normalized spacial score (nSPS) is 15.5. The number of halogens is 2. The van der Waals surface area contributed by atoms with Crippen LogP contribution in [-0.2, 0) is 5.41 Å². The van der Waals surface area contributed by atoms with Gasteiger partial charge in [-0.1, -0.05) is 20.8 Å². The summed E-state index contributed by atoms with van der Waals surface area (Å²) < 4.78 is 27.9. The fourth-order valence-electron chi connectivity index (χ4n) is 2.11. The lowest BCUT2D eigenvalue weighted by Gasteiger charge is -2.31. The third-order valence-corrected chi connectivity index (χ3v) is 3.18. The Morgan fingerprint density at radius 2 is 1.67 bits per heavy atom. The Kier molecular flexibility index (Phi) is 3.13. The van der Waals surface area contributed by atoms with E-state index in [9.17, 15) is 13.6 Å². The van der Waals surface area contributed by atoms with Crippen LogP contribution >= 0.6 is 0 Å². The van der Waals surface area contributed by atoms with Crippen LogP contribution in [0.1, 0.15) is 43.1 Å². The summed E-state index contributed by atoms with van der Waals surface area (Å²) in [4.78, 5) is 13.5. The lowest BCUT2D eigenvalue weighted by Crippen LogP contribution is -2.42. The lowest BCUT2D eigenvalue weighted by molar-refractivity contribution is 0.0650. The van der Waals surface area contributed by atoms with Gasteiger partial charge < -0.3 is 4.90 Å². The Labute approximate surface area is 106 Å². The van der Waals surface area contributed by atoms with E-state index in [1.807, 2.05) is 0 Å². The average Bonchev–Trinajstić information content (AvgIpc) is 2.10. The third-order valence-electron chi connectivity index (χ3n) is 3.18. The highest BCUT2D eigenvalue weighted by molar-refractivity contribution is 5.94. The molecule has 0 spiro atoms. The summed E-state index contributed by atoms with van der Waals surface area (Å²) in [5, 5.41) is 0. The van der Waals surface area contributed by atoms with Gasteiger partial charge in [0.1, 0.15) is 11.6 Å². The molecule has 2 rings (SSSR count). The molecule has 4 heteroatoms. The third kappa shape index (κ3) is 2.24. The largest absolute Gasteiger partial charge is 0.339 e. The van der Waals surface area contributed by atoms with Crippen LogP contribution in [0.15, 0.2) is 12.1 Å². The van der Waals surface area contributed by atoms with Gasteiger partial charge in [0.2, 0.25) is 0 Å². The maximum absolute atomic E-state index is 13.9. The van der Waals surface area contributed by atoms with E-state index < -0.39 is 17.0 Å². The highest BCUT2D eigenvalue weighted by atomic mass is 19.1. The molecule has 18 heavy (non-hydrogen) atoms. The van der Waals surface area contributed by atoms with Crippen LogP contribution in [0.2, 0.25) is 0 Å². The smallest absolute Gasteiger partial charge is 0.254 e. The summed E-state index contributed by atoms with van der Waals surface area (Å²) in [6, 6.07) is 2.29. The van der Waals surface area contributed by atoms with Gasteiger partial charge in [0, 0.05) is 24.2 Å². The van der Waals surface area contributed by atoms with Crippen LogP contribution in [0.3, 0.4) is 0 Å². The molecule has 0 atom stereocenters. The van der Waals surface area contributed by atoms with Gasteiger partial charge in [0.15, 0.2) is 0 Å². The SMILES string of the molecule is CC(C)(C)c1c(F)cc(C(=O)N2CCC2)cc1F. The monoisotopic (exact) mass is 253 g/mol. The van der Waals surface area contributed by atoms with Crippen molar-refractivity contribution in [3.63, 3.8) is 0 Å². The Bertz CT molecular complexity index is 464. The predicted octanol–water partition coefficient (Wildman–Crippen LogP) is 3.11. The second-order valence-electron chi connectivity index (χ2n) is 5.71. The molecule has 0 bridgehead atoms. The van der Waals surface area contributed by atoms with Crippen molar-refractivity contribution in [2.45, 2.75) is 32.6 Å². The average molecular weight is 253 g/mol. The number of benzene rings is 1. The van der Waals surface area contributed by atoms with Crippen molar-refractivity contribution < 1.29 is 13.6 Å². The zero-order valence-electron chi connectivity index (χ0n) is 10.9. The van der Waals surface area contributed by atoms with Gasteiger partial charge in [-0.3, -0.25) is 4.79 Å². The molecule has 0 aromatic heterocycles. The Hall–Kier alpha value is -1.45. The second kappa shape index (κ2) is 4.34. The fraction of sp³-hybridized carbons (Fsp3) is 0.500. The first-order valence-corrected chi connectivity index (χ1v) is 6.09. The molecule has 1 saturated heterocycles. The van der Waals surface area contributed by atoms with Gasteiger partial charge in [-0.2, -0.15) is 0 Å². The first kappa shape index (κ1) is 13.0. The molecule has 0 N–H and O–H groups in total. The summed E-state index contributed by atoms with van der Waals surface area (Å²) in [7, 11) is 0. The molecule has 2 nitrogen and oxygen atoms in total. The number of rotatable bonds is 1. The van der Waals surface area contributed by atoms with Crippen molar-refractivity contribution in [2.24, 2.45) is 0 Å². The second-order valence-corrected chi connectivity index (χ2v) is 5.71. The van der Waals surface area contributed by atoms with E-state index >= 15 is 0 Å². The van der Waals surface area contributed by atoms with E-state index in [0.29, 0.717) is 13.1 Å². The number of carbonyl (C=O) groups excluding carboxylic acids is 1. The topological polar surface area (TPSA) is 20.3 Å². The summed E-state index contributed by atoms with van der Waals surface area (Å²) in [6.07, 6.45) is 0.955. The highest BCUT2D eigenvalue weighted by Gasteiger charge is 2.27. The summed E-state index contributed by atoms with van der Waals surface area (Å²) in [6.45, 7) is 6.56. The highest BCUT2D eigenvalue weighted by Crippen LogP contribution is 2.29. The molecule has 1 aromatic carbocycles. The number of likely N-dealkylation sites (tertiary alicyclic amines) is 1. The van der Waals surface area contributed by atoms with E-state index in [1.54, 1.807) is 25.7 Å². The molecule has 0 aliphatic carbocycles. The Morgan fingerprint density at radius 3 is 2.00 bits per heavy atom. The van der Waals surface area contributed by atoms with Crippen LogP contribution in [0.4, 0.5) is 8.78 Å².